The van der Waals surface area contributed by atoms with Crippen molar-refractivity contribution >= 4 is 17.3 Å². The highest BCUT2D eigenvalue weighted by molar-refractivity contribution is 6.33. The topological polar surface area (TPSA) is 35.8 Å². The van der Waals surface area contributed by atoms with E-state index in [9.17, 15) is 4.39 Å². The lowest BCUT2D eigenvalue weighted by Crippen LogP contribution is -2.02. The van der Waals surface area contributed by atoms with Gasteiger partial charge in [-0.1, -0.05) is 11.6 Å². The maximum atomic E-state index is 11.8. The lowest BCUT2D eigenvalue weighted by atomic mass is 10.2. The number of alkyl halides is 1. The molecule has 0 aliphatic rings. The third kappa shape index (κ3) is 2.90. The molecular formula is C10H10ClFN2. The molecule has 1 aromatic rings. The number of anilines is 1. The van der Waals surface area contributed by atoms with E-state index in [0.29, 0.717) is 23.6 Å². The monoisotopic (exact) mass is 212 g/mol. The van der Waals surface area contributed by atoms with Crippen LogP contribution in [0, 0.1) is 11.3 Å². The highest BCUT2D eigenvalue weighted by Gasteiger charge is 2.00. The van der Waals surface area contributed by atoms with Crippen molar-refractivity contribution in [2.45, 2.75) is 6.42 Å². The predicted molar refractivity (Wildman–Crippen MR) is 55.2 cm³/mol. The van der Waals surface area contributed by atoms with Gasteiger partial charge in [0.05, 0.1) is 29.0 Å². The molecule has 0 heterocycles. The van der Waals surface area contributed by atoms with Crippen LogP contribution in [-0.2, 0) is 0 Å². The predicted octanol–water partition coefficient (Wildman–Crippen LogP) is 2.98. The van der Waals surface area contributed by atoms with Crippen LogP contribution in [0.4, 0.5) is 10.1 Å². The molecule has 0 aliphatic heterocycles. The maximum absolute atomic E-state index is 11.8. The fourth-order valence-corrected chi connectivity index (χ4v) is 1.27. The lowest BCUT2D eigenvalue weighted by molar-refractivity contribution is 0.481. The number of hydrogen-bond donors (Lipinski definition) is 1. The van der Waals surface area contributed by atoms with E-state index in [-0.39, 0.29) is 6.67 Å². The van der Waals surface area contributed by atoms with E-state index in [0.717, 1.165) is 5.69 Å². The summed E-state index contributed by atoms with van der Waals surface area (Å²) in [6.07, 6.45) is 0.455. The molecule has 0 fully saturated rings. The molecule has 0 saturated carbocycles. The molecular weight excluding hydrogens is 203 g/mol. The SMILES string of the molecule is N#Cc1ccc(NCCCF)c(Cl)c1. The van der Waals surface area contributed by atoms with Crippen LogP contribution in [0.15, 0.2) is 18.2 Å². The van der Waals surface area contributed by atoms with Crippen LogP contribution in [0.3, 0.4) is 0 Å². The van der Waals surface area contributed by atoms with Crippen LogP contribution in [0.2, 0.25) is 5.02 Å². The summed E-state index contributed by atoms with van der Waals surface area (Å²) in [6, 6.07) is 6.96. The average Bonchev–Trinajstić information content (AvgIpc) is 2.20. The minimum Gasteiger partial charge on any atom is -0.384 e. The number of benzene rings is 1. The lowest BCUT2D eigenvalue weighted by Gasteiger charge is -2.06. The number of hydrogen-bond acceptors (Lipinski definition) is 2. The van der Waals surface area contributed by atoms with Gasteiger partial charge in [0.2, 0.25) is 0 Å². The molecule has 1 N–H and O–H groups in total. The molecule has 0 spiro atoms. The summed E-state index contributed by atoms with van der Waals surface area (Å²) in [5.74, 6) is 0. The molecule has 74 valence electrons. The highest BCUT2D eigenvalue weighted by atomic mass is 35.5. The van der Waals surface area contributed by atoms with E-state index in [1.165, 1.54) is 0 Å². The van der Waals surface area contributed by atoms with Crippen molar-refractivity contribution in [3.63, 3.8) is 0 Å². The van der Waals surface area contributed by atoms with Gasteiger partial charge in [0.15, 0.2) is 0 Å². The Bertz CT molecular complexity index is 346. The molecule has 1 aromatic carbocycles. The molecule has 1 rings (SSSR count). The van der Waals surface area contributed by atoms with Crippen molar-refractivity contribution in [2.24, 2.45) is 0 Å². The summed E-state index contributed by atoms with van der Waals surface area (Å²) in [4.78, 5) is 0. The second-order valence-electron chi connectivity index (χ2n) is 2.78. The van der Waals surface area contributed by atoms with Crippen molar-refractivity contribution in [3.8, 4) is 6.07 Å². The minimum absolute atomic E-state index is 0.346. The van der Waals surface area contributed by atoms with Gasteiger partial charge in [0, 0.05) is 6.54 Å². The first-order valence-electron chi connectivity index (χ1n) is 4.27. The molecule has 0 saturated heterocycles. The molecule has 0 atom stereocenters. The average molecular weight is 213 g/mol. The molecule has 2 nitrogen and oxygen atoms in total. The van der Waals surface area contributed by atoms with E-state index in [1.807, 2.05) is 6.07 Å². The summed E-state index contributed by atoms with van der Waals surface area (Å²) >= 11 is 5.88. The first-order chi connectivity index (χ1) is 6.77. The van der Waals surface area contributed by atoms with Gasteiger partial charge in [-0.3, -0.25) is 4.39 Å². The fraction of sp³-hybridized carbons (Fsp3) is 0.300. The third-order valence-corrected chi connectivity index (χ3v) is 2.04. The van der Waals surface area contributed by atoms with Crippen LogP contribution in [-0.4, -0.2) is 13.2 Å². The normalized spacial score (nSPS) is 9.50. The van der Waals surface area contributed by atoms with Gasteiger partial charge in [-0.15, -0.1) is 0 Å². The van der Waals surface area contributed by atoms with Gasteiger partial charge in [-0.25, -0.2) is 0 Å². The van der Waals surface area contributed by atoms with Crippen LogP contribution >= 0.6 is 11.6 Å². The Labute approximate surface area is 87.3 Å². The molecule has 0 amide bonds. The number of nitrogens with one attached hydrogen (secondary N) is 1. The zero-order valence-electron chi connectivity index (χ0n) is 7.56. The Morgan fingerprint density at radius 3 is 2.86 bits per heavy atom. The van der Waals surface area contributed by atoms with Crippen molar-refractivity contribution in [1.29, 1.82) is 5.26 Å². The van der Waals surface area contributed by atoms with E-state index in [2.05, 4.69) is 5.32 Å². The Kier molecular flexibility index (Phi) is 4.21. The van der Waals surface area contributed by atoms with Gasteiger partial charge in [0.25, 0.3) is 0 Å². The van der Waals surface area contributed by atoms with Gasteiger partial charge < -0.3 is 5.32 Å². The Balaban J connectivity index is 2.65. The van der Waals surface area contributed by atoms with Crippen LogP contribution in [0.1, 0.15) is 12.0 Å². The van der Waals surface area contributed by atoms with Gasteiger partial charge in [0.1, 0.15) is 0 Å². The smallest absolute Gasteiger partial charge is 0.0992 e. The van der Waals surface area contributed by atoms with Crippen molar-refractivity contribution in [1.82, 2.24) is 0 Å². The first kappa shape index (κ1) is 10.8. The number of nitriles is 1. The Morgan fingerprint density at radius 2 is 2.29 bits per heavy atom. The molecule has 0 bridgehead atoms. The van der Waals surface area contributed by atoms with Crippen molar-refractivity contribution in [2.75, 3.05) is 18.5 Å². The van der Waals surface area contributed by atoms with Gasteiger partial charge in [-0.2, -0.15) is 5.26 Å². The zero-order valence-corrected chi connectivity index (χ0v) is 8.31. The fourth-order valence-electron chi connectivity index (χ4n) is 1.02. The van der Waals surface area contributed by atoms with Gasteiger partial charge >= 0.3 is 0 Å². The van der Waals surface area contributed by atoms with Gasteiger partial charge in [-0.05, 0) is 24.6 Å². The summed E-state index contributed by atoms with van der Waals surface area (Å²) in [5.41, 5.74) is 1.25. The summed E-state index contributed by atoms with van der Waals surface area (Å²) in [7, 11) is 0. The molecule has 0 radical (unpaired) electrons. The molecule has 0 aromatic heterocycles. The molecule has 14 heavy (non-hydrogen) atoms. The van der Waals surface area contributed by atoms with E-state index in [4.69, 9.17) is 16.9 Å². The summed E-state index contributed by atoms with van der Waals surface area (Å²) < 4.78 is 11.8. The van der Waals surface area contributed by atoms with E-state index < -0.39 is 0 Å². The highest BCUT2D eigenvalue weighted by Crippen LogP contribution is 2.22. The molecule has 0 unspecified atom stereocenters. The number of nitrogens with zero attached hydrogens (tertiary/aromatic N) is 1. The second kappa shape index (κ2) is 5.46. The maximum Gasteiger partial charge on any atom is 0.0992 e. The van der Waals surface area contributed by atoms with E-state index in [1.54, 1.807) is 18.2 Å². The quantitative estimate of drug-likeness (QED) is 0.779. The van der Waals surface area contributed by atoms with Crippen molar-refractivity contribution in [3.05, 3.63) is 28.8 Å². The Hall–Kier alpha value is -1.27. The zero-order chi connectivity index (χ0) is 10.4. The second-order valence-corrected chi connectivity index (χ2v) is 3.18. The van der Waals surface area contributed by atoms with E-state index >= 15 is 0 Å². The summed E-state index contributed by atoms with van der Waals surface area (Å²) in [5, 5.41) is 12.1. The standard InChI is InChI=1S/C10H10ClFN2/c11-9-6-8(7-13)2-3-10(9)14-5-1-4-12/h2-3,6,14H,1,4-5H2. The number of halogens is 2. The molecule has 4 heteroatoms. The minimum atomic E-state index is -0.346. The third-order valence-electron chi connectivity index (χ3n) is 1.72. The van der Waals surface area contributed by atoms with Crippen molar-refractivity contribution < 1.29 is 4.39 Å². The number of rotatable bonds is 4. The largest absolute Gasteiger partial charge is 0.384 e. The van der Waals surface area contributed by atoms with Crippen LogP contribution in [0.5, 0.6) is 0 Å². The van der Waals surface area contributed by atoms with Crippen LogP contribution < -0.4 is 5.32 Å². The first-order valence-corrected chi connectivity index (χ1v) is 4.65. The van der Waals surface area contributed by atoms with Crippen LogP contribution in [0.25, 0.3) is 0 Å². The Morgan fingerprint density at radius 1 is 1.50 bits per heavy atom. The summed E-state index contributed by atoms with van der Waals surface area (Å²) in [6.45, 7) is 0.197. The molecule has 0 aliphatic carbocycles.